The fourth-order valence-corrected chi connectivity index (χ4v) is 3.53. The van der Waals surface area contributed by atoms with Gasteiger partial charge in [-0.3, -0.25) is 4.79 Å². The molecule has 126 valence electrons. The third-order valence-corrected chi connectivity index (χ3v) is 4.65. The number of carbonyl (C=O) groups excluding carboxylic acids is 1. The van der Waals surface area contributed by atoms with Gasteiger partial charge in [0, 0.05) is 19.0 Å². The highest BCUT2D eigenvalue weighted by Crippen LogP contribution is 2.35. The second-order valence-electron chi connectivity index (χ2n) is 5.58. The Morgan fingerprint density at radius 1 is 1.29 bits per heavy atom. The van der Waals surface area contributed by atoms with E-state index in [0.717, 1.165) is 16.2 Å². The van der Waals surface area contributed by atoms with Gasteiger partial charge >= 0.3 is 0 Å². The number of rotatable bonds is 4. The Hall–Kier alpha value is -2.61. The van der Waals surface area contributed by atoms with Gasteiger partial charge < -0.3 is 9.73 Å². The van der Waals surface area contributed by atoms with E-state index in [9.17, 15) is 13.2 Å². The Morgan fingerprint density at radius 3 is 2.54 bits per heavy atom. The average Bonchev–Trinajstić information content (AvgIpc) is 3.16. The van der Waals surface area contributed by atoms with Gasteiger partial charge in [-0.15, -0.1) is 0 Å². The maximum atomic E-state index is 12.1. The topological polar surface area (TPSA) is 92.0 Å². The van der Waals surface area contributed by atoms with Crippen LogP contribution in [0.1, 0.15) is 30.7 Å². The van der Waals surface area contributed by atoms with Crippen LogP contribution in [-0.2, 0) is 14.8 Å². The van der Waals surface area contributed by atoms with Gasteiger partial charge in [-0.25, -0.2) is 8.42 Å². The summed E-state index contributed by atoms with van der Waals surface area (Å²) in [6.45, 7) is 1.43. The van der Waals surface area contributed by atoms with Crippen molar-refractivity contribution in [3.05, 3.63) is 54.0 Å². The molecule has 1 N–H and O–H groups in total. The van der Waals surface area contributed by atoms with E-state index in [1.54, 1.807) is 36.4 Å². The molecule has 0 saturated heterocycles. The van der Waals surface area contributed by atoms with Crippen LogP contribution in [0.3, 0.4) is 0 Å². The number of hydrogen-bond acceptors (Lipinski definition) is 5. The van der Waals surface area contributed by atoms with E-state index >= 15 is 0 Å². The number of hydrogen-bond donors (Lipinski definition) is 1. The molecule has 0 spiro atoms. The van der Waals surface area contributed by atoms with Crippen molar-refractivity contribution in [2.24, 2.45) is 5.10 Å². The van der Waals surface area contributed by atoms with E-state index < -0.39 is 16.1 Å². The molecule has 0 radical (unpaired) electrons. The van der Waals surface area contributed by atoms with Gasteiger partial charge in [0.2, 0.25) is 15.9 Å². The minimum atomic E-state index is -3.52. The largest absolute Gasteiger partial charge is 0.463 e. The second-order valence-corrected chi connectivity index (χ2v) is 7.42. The van der Waals surface area contributed by atoms with Crippen LogP contribution >= 0.6 is 0 Å². The normalized spacial score (nSPS) is 17.7. The predicted octanol–water partition coefficient (Wildman–Crippen LogP) is 2.35. The zero-order valence-corrected chi connectivity index (χ0v) is 14.1. The molecule has 1 aliphatic heterocycles. The van der Waals surface area contributed by atoms with Crippen LogP contribution in [0.4, 0.5) is 5.69 Å². The number of nitrogens with zero attached hydrogens (tertiary/aromatic N) is 2. The summed E-state index contributed by atoms with van der Waals surface area (Å²) in [4.78, 5) is 11.1. The minimum absolute atomic E-state index is 0.162. The van der Waals surface area contributed by atoms with E-state index in [-0.39, 0.29) is 5.91 Å². The second kappa shape index (κ2) is 6.12. The zero-order valence-electron chi connectivity index (χ0n) is 13.3. The third-order valence-electron chi connectivity index (χ3n) is 3.63. The van der Waals surface area contributed by atoms with E-state index in [2.05, 4.69) is 10.4 Å². The highest BCUT2D eigenvalue weighted by atomic mass is 32.2. The number of sulfonamides is 1. The molecule has 7 nitrogen and oxygen atoms in total. The van der Waals surface area contributed by atoms with Crippen molar-refractivity contribution >= 4 is 27.3 Å². The Bertz CT molecular complexity index is 871. The SMILES string of the molecule is CC(=O)Nc1ccc([C@H]2CC(c3ccco3)=NN2S(C)(=O)=O)cc1. The van der Waals surface area contributed by atoms with Crippen LogP contribution in [0, 0.1) is 0 Å². The van der Waals surface area contributed by atoms with Gasteiger partial charge in [0.15, 0.2) is 0 Å². The van der Waals surface area contributed by atoms with Crippen LogP contribution in [0.2, 0.25) is 0 Å². The molecule has 2 aromatic rings. The lowest BCUT2D eigenvalue weighted by molar-refractivity contribution is -0.114. The Morgan fingerprint density at radius 2 is 2.00 bits per heavy atom. The summed E-state index contributed by atoms with van der Waals surface area (Å²) >= 11 is 0. The third kappa shape index (κ3) is 3.33. The molecule has 1 aliphatic rings. The molecule has 1 amide bonds. The van der Waals surface area contributed by atoms with E-state index in [0.29, 0.717) is 23.6 Å². The molecular weight excluding hydrogens is 330 g/mol. The minimum Gasteiger partial charge on any atom is -0.463 e. The summed E-state index contributed by atoms with van der Waals surface area (Å²) in [5.74, 6) is 0.394. The van der Waals surface area contributed by atoms with Gasteiger partial charge in [0.25, 0.3) is 0 Å². The summed E-state index contributed by atoms with van der Waals surface area (Å²) in [5, 5.41) is 6.91. The smallest absolute Gasteiger partial charge is 0.247 e. The van der Waals surface area contributed by atoms with Gasteiger partial charge in [-0.05, 0) is 29.8 Å². The molecule has 0 bridgehead atoms. The van der Waals surface area contributed by atoms with Gasteiger partial charge in [-0.2, -0.15) is 9.52 Å². The Labute approximate surface area is 140 Å². The predicted molar refractivity (Wildman–Crippen MR) is 90.0 cm³/mol. The molecule has 0 saturated carbocycles. The number of hydrazone groups is 1. The van der Waals surface area contributed by atoms with Crippen molar-refractivity contribution in [3.63, 3.8) is 0 Å². The zero-order chi connectivity index (χ0) is 17.3. The highest BCUT2D eigenvalue weighted by Gasteiger charge is 2.35. The maximum Gasteiger partial charge on any atom is 0.247 e. The summed E-state index contributed by atoms with van der Waals surface area (Å²) in [6, 6.07) is 10.1. The summed E-state index contributed by atoms with van der Waals surface area (Å²) < 4.78 is 30.6. The average molecular weight is 347 g/mol. The quantitative estimate of drug-likeness (QED) is 0.919. The molecule has 0 unspecified atom stereocenters. The molecule has 8 heteroatoms. The number of benzene rings is 1. The molecular formula is C16H17N3O4S. The van der Waals surface area contributed by atoms with Gasteiger partial charge in [0.1, 0.15) is 11.5 Å². The van der Waals surface area contributed by atoms with Crippen molar-refractivity contribution in [3.8, 4) is 0 Å². The van der Waals surface area contributed by atoms with Crippen LogP contribution in [0.25, 0.3) is 0 Å². The van der Waals surface area contributed by atoms with Crippen molar-refractivity contribution < 1.29 is 17.6 Å². The molecule has 24 heavy (non-hydrogen) atoms. The van der Waals surface area contributed by atoms with Crippen molar-refractivity contribution in [1.29, 1.82) is 0 Å². The van der Waals surface area contributed by atoms with E-state index in [1.165, 1.54) is 13.2 Å². The number of furan rings is 1. The first-order valence-electron chi connectivity index (χ1n) is 7.33. The lowest BCUT2D eigenvalue weighted by atomic mass is 10.0. The lowest BCUT2D eigenvalue weighted by Crippen LogP contribution is -2.25. The van der Waals surface area contributed by atoms with Gasteiger partial charge in [-0.1, -0.05) is 12.1 Å². The number of nitrogens with one attached hydrogen (secondary N) is 1. The fourth-order valence-electron chi connectivity index (χ4n) is 2.63. The summed E-state index contributed by atoms with van der Waals surface area (Å²) in [5.41, 5.74) is 2.03. The molecule has 1 aromatic heterocycles. The van der Waals surface area contributed by atoms with Crippen LogP contribution in [0.15, 0.2) is 52.2 Å². The molecule has 0 fully saturated rings. The highest BCUT2D eigenvalue weighted by molar-refractivity contribution is 7.88. The Kier molecular flexibility index (Phi) is 4.15. The van der Waals surface area contributed by atoms with Crippen molar-refractivity contribution in [1.82, 2.24) is 4.41 Å². The van der Waals surface area contributed by atoms with Crippen LogP contribution in [0.5, 0.6) is 0 Å². The summed E-state index contributed by atoms with van der Waals surface area (Å²) in [7, 11) is -3.52. The van der Waals surface area contributed by atoms with Crippen LogP contribution in [-0.4, -0.2) is 30.7 Å². The first kappa shape index (κ1) is 16.3. The van der Waals surface area contributed by atoms with Crippen molar-refractivity contribution in [2.45, 2.75) is 19.4 Å². The van der Waals surface area contributed by atoms with Gasteiger partial charge in [0.05, 0.1) is 18.6 Å². The Balaban J connectivity index is 1.90. The number of amides is 1. The molecule has 3 rings (SSSR count). The fraction of sp³-hybridized carbons (Fsp3) is 0.250. The molecule has 1 atom stereocenters. The van der Waals surface area contributed by atoms with Crippen molar-refractivity contribution in [2.75, 3.05) is 11.6 Å². The lowest BCUT2D eigenvalue weighted by Gasteiger charge is -2.21. The number of anilines is 1. The first-order chi connectivity index (χ1) is 11.3. The first-order valence-corrected chi connectivity index (χ1v) is 9.18. The molecule has 0 aliphatic carbocycles. The van der Waals surface area contributed by atoms with Crippen LogP contribution < -0.4 is 5.32 Å². The molecule has 2 heterocycles. The van der Waals surface area contributed by atoms with E-state index in [1.807, 2.05) is 0 Å². The standard InChI is InChI=1S/C16H17N3O4S/c1-11(20)17-13-7-5-12(6-8-13)15-10-14(16-4-3-9-23-16)18-19(15)24(2,21)22/h3-9,15H,10H2,1-2H3,(H,17,20)/t15-/m1/s1. The summed E-state index contributed by atoms with van der Waals surface area (Å²) in [6.07, 6.45) is 3.07. The number of carbonyl (C=O) groups is 1. The monoisotopic (exact) mass is 347 g/mol. The van der Waals surface area contributed by atoms with E-state index in [4.69, 9.17) is 4.42 Å². The maximum absolute atomic E-state index is 12.1. The molecule has 1 aromatic carbocycles.